The number of unbranched alkanes of at least 4 members (excludes halogenated alkanes) is 2. The number of alkyl carbamates (subject to hydrolysis) is 1. The molecule has 8 rings (SSSR count). The molecule has 3 aromatic heterocycles. The van der Waals surface area contributed by atoms with Crippen molar-refractivity contribution in [2.75, 3.05) is 88.5 Å². The first-order valence-corrected chi connectivity index (χ1v) is 32.7. The summed E-state index contributed by atoms with van der Waals surface area (Å²) in [6.07, 6.45) is 4.80. The number of benzene rings is 4. The van der Waals surface area contributed by atoms with Crippen molar-refractivity contribution < 1.29 is 62.1 Å². The number of aromatic nitrogens is 6. The van der Waals surface area contributed by atoms with Crippen LogP contribution in [-0.4, -0.2) is 150 Å². The van der Waals surface area contributed by atoms with E-state index in [0.29, 0.717) is 113 Å². The van der Waals surface area contributed by atoms with Crippen LogP contribution in [0.4, 0.5) is 26.8 Å². The van der Waals surface area contributed by atoms with Gasteiger partial charge in [0.25, 0.3) is 0 Å². The minimum Gasteiger partial charge on any atom is -0.445 e. The van der Waals surface area contributed by atoms with Gasteiger partial charge < -0.3 is 66.2 Å². The third-order valence-electron chi connectivity index (χ3n) is 16.0. The van der Waals surface area contributed by atoms with Gasteiger partial charge in [-0.25, -0.2) is 19.6 Å². The van der Waals surface area contributed by atoms with E-state index in [4.69, 9.17) is 45.0 Å². The molecule has 0 saturated heterocycles. The van der Waals surface area contributed by atoms with E-state index >= 15 is 0 Å². The number of primary amides is 1. The summed E-state index contributed by atoms with van der Waals surface area (Å²) in [5.74, 6) is -1.25. The Bertz CT molecular complexity index is 3670. The van der Waals surface area contributed by atoms with Gasteiger partial charge in [-0.1, -0.05) is 100.0 Å². The number of nitrogens with two attached hydrogens (primary N) is 2. The Morgan fingerprint density at radius 2 is 1.35 bits per heavy atom. The number of ether oxygens (including phenoxy) is 5. The number of hydrogen-bond donors (Lipinski definition) is 7. The number of carbonyl (C=O) groups excluding carboxylic acids is 7. The summed E-state index contributed by atoms with van der Waals surface area (Å²) in [5.41, 5.74) is 19.6. The van der Waals surface area contributed by atoms with E-state index in [1.165, 1.54) is 0 Å². The third-order valence-corrected chi connectivity index (χ3v) is 16.0. The highest BCUT2D eigenvalue weighted by Gasteiger charge is 2.31. The van der Waals surface area contributed by atoms with Gasteiger partial charge in [-0.2, -0.15) is 20.1 Å². The molecule has 0 bridgehead atoms. The standard InChI is InChI=1S/C69H89N13O13/c1-4-5-24-58-76-64-65(53-20-8-10-22-55(53)75-66(64)70)82(58)95-35-13-12-32-73-69(89)94-45-47-25-27-50(28-26-47)74-67(87)48(17-14-33-72-68(71)88)43-57(84)61(46(2)3)77-59(85)31-36-91-38-40-93-42-41-92-39-37-90-34-15-18-51(83)29-30-60(86)81-44-49-16-6-7-19-52(49)62-63(79-80-78-62)54-21-9-11-23-56(54)81/h6-11,16,19-23,25-28,46,48,61H,4-5,12-15,17-18,24,29-45H2,1-3H3,(H2,70,75)(H,73,89)(H,74,87)(H,77,85)(H3,71,72,88)(H,78,79,80)/t48-,61+/m1/s1. The number of urea groups is 1. The Labute approximate surface area is 552 Å². The number of para-hydroxylation sites is 2. The van der Waals surface area contributed by atoms with E-state index in [-0.39, 0.29) is 94.4 Å². The lowest BCUT2D eigenvalue weighted by atomic mass is 9.89. The number of imidazole rings is 1. The molecule has 0 aliphatic carbocycles. The van der Waals surface area contributed by atoms with Gasteiger partial charge in [0.2, 0.25) is 17.7 Å². The first kappa shape index (κ1) is 71.5. The molecule has 0 saturated carbocycles. The van der Waals surface area contributed by atoms with Crippen LogP contribution < -0.4 is 42.5 Å². The fourth-order valence-electron chi connectivity index (χ4n) is 11.0. The summed E-state index contributed by atoms with van der Waals surface area (Å²) in [6, 6.07) is 28.3. The van der Waals surface area contributed by atoms with Gasteiger partial charge in [0.15, 0.2) is 11.6 Å². The van der Waals surface area contributed by atoms with Gasteiger partial charge in [-0.3, -0.25) is 24.0 Å². The number of amides is 6. The van der Waals surface area contributed by atoms with Crippen LogP contribution >= 0.6 is 0 Å². The van der Waals surface area contributed by atoms with E-state index in [1.54, 1.807) is 33.9 Å². The number of fused-ring (bicyclic) bond motifs is 8. The minimum absolute atomic E-state index is 0.00545. The normalized spacial score (nSPS) is 12.4. The van der Waals surface area contributed by atoms with Crippen molar-refractivity contribution in [2.45, 2.75) is 123 Å². The number of aryl methyl sites for hydroxylation is 1. The van der Waals surface area contributed by atoms with Crippen LogP contribution in [0.3, 0.4) is 0 Å². The summed E-state index contributed by atoms with van der Waals surface area (Å²) >= 11 is 0. The van der Waals surface area contributed by atoms with Crippen molar-refractivity contribution >= 4 is 80.5 Å². The third kappa shape index (κ3) is 21.6. The maximum atomic E-state index is 13.8. The second kappa shape index (κ2) is 37.5. The van der Waals surface area contributed by atoms with Crippen LogP contribution in [0.15, 0.2) is 97.1 Å². The number of Topliss-reactive ketones (excluding diaryl/α,β-unsaturated/α-hetero) is 2. The van der Waals surface area contributed by atoms with Crippen molar-refractivity contribution in [1.82, 2.24) is 46.1 Å². The van der Waals surface area contributed by atoms with Gasteiger partial charge in [0.1, 0.15) is 47.2 Å². The highest BCUT2D eigenvalue weighted by molar-refractivity contribution is 6.06. The maximum absolute atomic E-state index is 13.8. The Hall–Kier alpha value is -9.37. The van der Waals surface area contributed by atoms with Gasteiger partial charge in [-0.05, 0) is 79.8 Å². The molecule has 95 heavy (non-hydrogen) atoms. The van der Waals surface area contributed by atoms with Crippen molar-refractivity contribution in [1.29, 1.82) is 0 Å². The summed E-state index contributed by atoms with van der Waals surface area (Å²) in [4.78, 5) is 109. The monoisotopic (exact) mass is 1310 g/mol. The summed E-state index contributed by atoms with van der Waals surface area (Å²) < 4.78 is 29.7. The number of rotatable bonds is 41. The average Bonchev–Trinajstić information content (AvgIpc) is 1.68. The van der Waals surface area contributed by atoms with Crippen molar-refractivity contribution in [3.63, 3.8) is 0 Å². The van der Waals surface area contributed by atoms with Crippen molar-refractivity contribution in [3.05, 3.63) is 114 Å². The molecule has 4 heterocycles. The van der Waals surface area contributed by atoms with Crippen molar-refractivity contribution in [2.24, 2.45) is 17.6 Å². The number of H-pyrrole nitrogens is 1. The molecule has 1 aliphatic heterocycles. The van der Waals surface area contributed by atoms with Gasteiger partial charge in [0, 0.05) is 86.3 Å². The smallest absolute Gasteiger partial charge is 0.407 e. The summed E-state index contributed by atoms with van der Waals surface area (Å²) in [6.45, 7) is 9.31. The lowest BCUT2D eigenvalue weighted by molar-refractivity contribution is -0.131. The average molecular weight is 1310 g/mol. The van der Waals surface area contributed by atoms with E-state index in [0.717, 1.165) is 69.6 Å². The lowest BCUT2D eigenvalue weighted by Gasteiger charge is -2.28. The zero-order valence-corrected chi connectivity index (χ0v) is 54.5. The van der Waals surface area contributed by atoms with Gasteiger partial charge in [0.05, 0.1) is 70.0 Å². The predicted octanol–water partition coefficient (Wildman–Crippen LogP) is 8.33. The zero-order chi connectivity index (χ0) is 67.3. The van der Waals surface area contributed by atoms with Crippen LogP contribution in [0.25, 0.3) is 44.5 Å². The molecule has 0 radical (unpaired) electrons. The number of carbonyl (C=O) groups is 7. The zero-order valence-electron chi connectivity index (χ0n) is 54.5. The number of ketones is 2. The Morgan fingerprint density at radius 3 is 2.08 bits per heavy atom. The van der Waals surface area contributed by atoms with E-state index in [1.807, 2.05) is 86.6 Å². The topological polar surface area (TPSA) is 351 Å². The molecular formula is C69H89N13O13. The molecule has 9 N–H and O–H groups in total. The van der Waals surface area contributed by atoms with Gasteiger partial charge >= 0.3 is 12.1 Å². The predicted molar refractivity (Wildman–Crippen MR) is 359 cm³/mol. The highest BCUT2D eigenvalue weighted by Crippen LogP contribution is 2.40. The summed E-state index contributed by atoms with van der Waals surface area (Å²) in [7, 11) is 0. The van der Waals surface area contributed by atoms with Crippen LogP contribution in [0.5, 0.6) is 0 Å². The Kier molecular flexibility index (Phi) is 28.2. The quantitative estimate of drug-likeness (QED) is 0.0177. The lowest BCUT2D eigenvalue weighted by Crippen LogP contribution is -2.45. The van der Waals surface area contributed by atoms with Crippen molar-refractivity contribution in [3.8, 4) is 22.5 Å². The summed E-state index contributed by atoms with van der Waals surface area (Å²) in [5, 5.41) is 23.5. The number of nitrogen functional groups attached to an aromatic ring is 1. The molecule has 0 unspecified atom stereocenters. The molecule has 6 amide bonds. The molecule has 2 atom stereocenters. The Morgan fingerprint density at radius 1 is 0.674 bits per heavy atom. The molecular weight excluding hydrogens is 1220 g/mol. The van der Waals surface area contributed by atoms with E-state index in [9.17, 15) is 33.6 Å². The number of aromatic amines is 1. The number of anilines is 3. The fourth-order valence-corrected chi connectivity index (χ4v) is 11.0. The SMILES string of the molecule is CCCCc1nc2c(N)nc3ccccc3c2n1OCCCCNC(=O)OCc1ccc(NC(=O)[C@H](CCCNC(N)=O)CC(=O)[C@@H](NC(=O)CCOCCOCCOCCOCCCC(=O)CCC(=O)N2Cc3ccccc3-c3n[nH]nc3-c3ccccc32)C(C)C)cc1. The van der Waals surface area contributed by atoms with E-state index < -0.39 is 30.0 Å². The number of pyridine rings is 1. The first-order valence-electron chi connectivity index (χ1n) is 32.7. The molecule has 26 heteroatoms. The second-order valence-electron chi connectivity index (χ2n) is 23.5. The van der Waals surface area contributed by atoms with E-state index in [2.05, 4.69) is 48.6 Å². The van der Waals surface area contributed by atoms with Crippen LogP contribution in [0.2, 0.25) is 0 Å². The number of hydrogen-bond acceptors (Lipinski definition) is 18. The molecule has 0 spiro atoms. The molecule has 7 aromatic rings. The first-order chi connectivity index (χ1) is 46.2. The van der Waals surface area contributed by atoms with Gasteiger partial charge in [-0.15, -0.1) is 0 Å². The maximum Gasteiger partial charge on any atom is 0.407 e. The molecule has 0 fully saturated rings. The number of nitrogens with one attached hydrogen (secondary N) is 5. The molecule has 508 valence electrons. The largest absolute Gasteiger partial charge is 0.445 e. The minimum atomic E-state index is -0.872. The molecule has 1 aliphatic rings. The van der Waals surface area contributed by atoms with Crippen LogP contribution in [-0.2, 0) is 67.2 Å². The molecule has 4 aromatic carbocycles. The second-order valence-corrected chi connectivity index (χ2v) is 23.5. The number of nitrogens with zero attached hydrogens (tertiary/aromatic N) is 6. The fraction of sp³-hybridized carbons (Fsp3) is 0.464. The van der Waals surface area contributed by atoms with Crippen LogP contribution in [0, 0.1) is 11.8 Å². The Balaban J connectivity index is 0.652. The highest BCUT2D eigenvalue weighted by atomic mass is 16.7. The van der Waals surface area contributed by atoms with Crippen LogP contribution in [0.1, 0.15) is 115 Å². The molecule has 26 nitrogen and oxygen atoms in total.